The molecule has 2 rings (SSSR count). The summed E-state index contributed by atoms with van der Waals surface area (Å²) >= 11 is 6.18. The topological polar surface area (TPSA) is 36.9 Å². The first kappa shape index (κ1) is 16.4. The van der Waals surface area contributed by atoms with Gasteiger partial charge in [-0.25, -0.2) is 0 Å². The number of methoxy groups -OCH3 is 1. The van der Waals surface area contributed by atoms with Gasteiger partial charge in [0.05, 0.1) is 13.7 Å². The number of nitrogens with zero attached hydrogens (tertiary/aromatic N) is 2. The minimum Gasteiger partial charge on any atom is -0.497 e. The maximum atomic E-state index is 6.18. The average molecular weight is 396 g/mol. The molecule has 1 N–H and O–H groups in total. The van der Waals surface area contributed by atoms with Crippen molar-refractivity contribution < 1.29 is 4.74 Å². The molecule has 0 saturated carbocycles. The SMILES string of the molecule is COc1ccc(CCNC2=NCCN2C)c(Cl)c1.I. The number of hydrogen-bond acceptors (Lipinski definition) is 4. The average Bonchev–Trinajstić information content (AvgIpc) is 2.77. The number of likely N-dealkylation sites (N-methyl/N-ethyl adjacent to an activating group) is 1. The first-order valence-corrected chi connectivity index (χ1v) is 6.40. The van der Waals surface area contributed by atoms with E-state index in [2.05, 4.69) is 15.2 Å². The van der Waals surface area contributed by atoms with Crippen LogP contribution >= 0.6 is 35.6 Å². The highest BCUT2D eigenvalue weighted by Gasteiger charge is 2.11. The van der Waals surface area contributed by atoms with Crippen molar-refractivity contribution in [1.29, 1.82) is 0 Å². The van der Waals surface area contributed by atoms with Crippen LogP contribution in [0.2, 0.25) is 5.02 Å². The van der Waals surface area contributed by atoms with Gasteiger partial charge in [0.2, 0.25) is 0 Å². The van der Waals surface area contributed by atoms with E-state index < -0.39 is 0 Å². The summed E-state index contributed by atoms with van der Waals surface area (Å²) in [7, 11) is 3.68. The van der Waals surface area contributed by atoms with Gasteiger partial charge < -0.3 is 15.0 Å². The van der Waals surface area contributed by atoms with Gasteiger partial charge in [-0.15, -0.1) is 24.0 Å². The molecule has 0 bridgehead atoms. The fraction of sp³-hybridized carbons (Fsp3) is 0.462. The van der Waals surface area contributed by atoms with Crippen LogP contribution in [0.4, 0.5) is 0 Å². The van der Waals surface area contributed by atoms with Crippen molar-refractivity contribution in [1.82, 2.24) is 10.2 Å². The first-order chi connectivity index (χ1) is 8.70. The highest BCUT2D eigenvalue weighted by Crippen LogP contribution is 2.22. The van der Waals surface area contributed by atoms with Gasteiger partial charge in [0.1, 0.15) is 5.75 Å². The van der Waals surface area contributed by atoms with Gasteiger partial charge in [0.25, 0.3) is 0 Å². The van der Waals surface area contributed by atoms with Crippen molar-refractivity contribution in [2.24, 2.45) is 4.99 Å². The van der Waals surface area contributed by atoms with E-state index in [1.54, 1.807) is 7.11 Å². The summed E-state index contributed by atoms with van der Waals surface area (Å²) in [4.78, 5) is 6.50. The van der Waals surface area contributed by atoms with Gasteiger partial charge in [-0.05, 0) is 24.1 Å². The number of benzene rings is 1. The smallest absolute Gasteiger partial charge is 0.193 e. The molecule has 1 heterocycles. The molecule has 4 nitrogen and oxygen atoms in total. The van der Waals surface area contributed by atoms with Crippen LogP contribution in [0.25, 0.3) is 0 Å². The van der Waals surface area contributed by atoms with Crippen LogP contribution < -0.4 is 10.1 Å². The van der Waals surface area contributed by atoms with Crippen molar-refractivity contribution in [3.8, 4) is 5.75 Å². The first-order valence-electron chi connectivity index (χ1n) is 6.02. The summed E-state index contributed by atoms with van der Waals surface area (Å²) in [5.41, 5.74) is 1.12. The van der Waals surface area contributed by atoms with Crippen LogP contribution in [0.5, 0.6) is 5.75 Å². The van der Waals surface area contributed by atoms with Crippen molar-refractivity contribution in [2.45, 2.75) is 6.42 Å². The lowest BCUT2D eigenvalue weighted by Crippen LogP contribution is -2.36. The summed E-state index contributed by atoms with van der Waals surface area (Å²) < 4.78 is 5.12. The summed E-state index contributed by atoms with van der Waals surface area (Å²) in [6.45, 7) is 2.70. The van der Waals surface area contributed by atoms with E-state index in [1.165, 1.54) is 0 Å². The fourth-order valence-electron chi connectivity index (χ4n) is 1.89. The van der Waals surface area contributed by atoms with E-state index in [-0.39, 0.29) is 24.0 Å². The van der Waals surface area contributed by atoms with E-state index >= 15 is 0 Å². The molecular formula is C13H19ClIN3O. The Balaban J connectivity index is 0.00000180. The maximum Gasteiger partial charge on any atom is 0.193 e. The number of hydrogen-bond donors (Lipinski definition) is 1. The van der Waals surface area contributed by atoms with Crippen molar-refractivity contribution in [3.63, 3.8) is 0 Å². The molecule has 0 fully saturated rings. The summed E-state index contributed by atoms with van der Waals surface area (Å²) in [5.74, 6) is 1.76. The van der Waals surface area contributed by atoms with Crippen LogP contribution in [0.1, 0.15) is 5.56 Å². The number of aliphatic imine (C=N–C) groups is 1. The minimum absolute atomic E-state index is 0. The standard InChI is InChI=1S/C13H18ClN3O.HI/c1-17-8-7-16-13(17)15-6-5-10-3-4-11(18-2)9-12(10)14;/h3-4,9H,5-8H2,1-2H3,(H,15,16);1H. The number of guanidine groups is 1. The van der Waals surface area contributed by atoms with Gasteiger partial charge >= 0.3 is 0 Å². The van der Waals surface area contributed by atoms with Gasteiger partial charge in [0.15, 0.2) is 5.96 Å². The lowest BCUT2D eigenvalue weighted by atomic mass is 10.1. The highest BCUT2D eigenvalue weighted by molar-refractivity contribution is 14.0. The number of rotatable bonds is 4. The Morgan fingerprint density at radius 2 is 2.26 bits per heavy atom. The zero-order chi connectivity index (χ0) is 13.0. The molecule has 0 spiro atoms. The molecule has 0 radical (unpaired) electrons. The summed E-state index contributed by atoms with van der Waals surface area (Å²) in [6.07, 6.45) is 0.871. The molecule has 6 heteroatoms. The second-order valence-corrected chi connectivity index (χ2v) is 4.67. The molecule has 106 valence electrons. The zero-order valence-corrected chi connectivity index (χ0v) is 14.2. The van der Waals surface area contributed by atoms with E-state index in [0.29, 0.717) is 0 Å². The normalized spacial score (nSPS) is 13.8. The Morgan fingerprint density at radius 3 is 2.84 bits per heavy atom. The zero-order valence-electron chi connectivity index (χ0n) is 11.1. The second-order valence-electron chi connectivity index (χ2n) is 4.26. The largest absolute Gasteiger partial charge is 0.497 e. The molecular weight excluding hydrogens is 377 g/mol. The molecule has 0 saturated heterocycles. The van der Waals surface area contributed by atoms with Crippen molar-refractivity contribution in [2.75, 3.05) is 33.8 Å². The van der Waals surface area contributed by atoms with Crippen LogP contribution in [0.3, 0.4) is 0 Å². The Labute approximate surface area is 136 Å². The Morgan fingerprint density at radius 1 is 1.47 bits per heavy atom. The molecule has 0 atom stereocenters. The third-order valence-corrected chi connectivity index (χ3v) is 3.35. The van der Waals surface area contributed by atoms with Crippen LogP contribution in [0, 0.1) is 0 Å². The lowest BCUT2D eigenvalue weighted by Gasteiger charge is -2.15. The Hall–Kier alpha value is -0.690. The molecule has 0 unspecified atom stereocenters. The summed E-state index contributed by atoms with van der Waals surface area (Å²) in [6, 6.07) is 5.78. The van der Waals surface area contributed by atoms with Crippen molar-refractivity contribution in [3.05, 3.63) is 28.8 Å². The van der Waals surface area contributed by atoms with E-state index in [4.69, 9.17) is 16.3 Å². The molecule has 1 aromatic carbocycles. The third-order valence-electron chi connectivity index (χ3n) is 3.00. The Kier molecular flexibility index (Phi) is 6.71. The van der Waals surface area contributed by atoms with E-state index in [9.17, 15) is 0 Å². The third kappa shape index (κ3) is 4.42. The van der Waals surface area contributed by atoms with Crippen LogP contribution in [-0.2, 0) is 6.42 Å². The molecule has 0 amide bonds. The van der Waals surface area contributed by atoms with E-state index in [1.807, 2.05) is 25.2 Å². The molecule has 1 aliphatic rings. The van der Waals surface area contributed by atoms with Gasteiger partial charge in [-0.1, -0.05) is 17.7 Å². The Bertz CT molecular complexity index is 454. The monoisotopic (exact) mass is 395 g/mol. The maximum absolute atomic E-state index is 6.18. The molecule has 1 aliphatic heterocycles. The molecule has 0 aliphatic carbocycles. The molecule has 0 aromatic heterocycles. The van der Waals surface area contributed by atoms with Crippen LogP contribution in [0.15, 0.2) is 23.2 Å². The number of nitrogens with one attached hydrogen (secondary N) is 1. The number of halogens is 2. The number of ether oxygens (including phenoxy) is 1. The summed E-state index contributed by atoms with van der Waals surface area (Å²) in [5, 5.41) is 4.07. The predicted octanol–water partition coefficient (Wildman–Crippen LogP) is 2.40. The molecule has 19 heavy (non-hydrogen) atoms. The quantitative estimate of drug-likeness (QED) is 0.796. The van der Waals surface area contributed by atoms with Crippen molar-refractivity contribution >= 4 is 41.5 Å². The lowest BCUT2D eigenvalue weighted by molar-refractivity contribution is 0.414. The van der Waals surface area contributed by atoms with Gasteiger partial charge in [0, 0.05) is 25.2 Å². The van der Waals surface area contributed by atoms with Gasteiger partial charge in [-0.3, -0.25) is 4.99 Å². The minimum atomic E-state index is 0. The fourth-order valence-corrected chi connectivity index (χ4v) is 2.16. The second kappa shape index (κ2) is 7.79. The van der Waals surface area contributed by atoms with Crippen LogP contribution in [-0.4, -0.2) is 44.7 Å². The van der Waals surface area contributed by atoms with Gasteiger partial charge in [-0.2, -0.15) is 0 Å². The predicted molar refractivity (Wildman–Crippen MR) is 90.1 cm³/mol. The highest BCUT2D eigenvalue weighted by atomic mass is 127. The van der Waals surface area contributed by atoms with E-state index in [0.717, 1.165) is 48.4 Å². The molecule has 1 aromatic rings.